The van der Waals surface area contributed by atoms with Crippen molar-refractivity contribution in [2.24, 2.45) is 0 Å². The number of carbonyl (C=O) groups is 1. The highest BCUT2D eigenvalue weighted by molar-refractivity contribution is 5.93. The number of ether oxygens (including phenoxy) is 1. The molecule has 0 N–H and O–H groups in total. The zero-order valence-corrected chi connectivity index (χ0v) is 11.1. The number of nitrogens with zero attached hydrogens (tertiary/aromatic N) is 1. The lowest BCUT2D eigenvalue weighted by atomic mass is 9.83. The van der Waals surface area contributed by atoms with Crippen molar-refractivity contribution >= 4 is 5.91 Å². The van der Waals surface area contributed by atoms with Gasteiger partial charge in [-0.05, 0) is 32.1 Å². The molecular formula is C15H23NO2. The lowest BCUT2D eigenvalue weighted by molar-refractivity contribution is -0.153. The summed E-state index contributed by atoms with van der Waals surface area (Å²) in [6.45, 7) is 2.32. The Hall–Kier alpha value is -0.830. The van der Waals surface area contributed by atoms with Crippen LogP contribution in [-0.2, 0) is 9.53 Å². The van der Waals surface area contributed by atoms with Crippen molar-refractivity contribution in [3.05, 3.63) is 11.6 Å². The highest BCUT2D eigenvalue weighted by atomic mass is 16.5. The summed E-state index contributed by atoms with van der Waals surface area (Å²) in [6.07, 6.45) is 11.4. The number of carbonyl (C=O) groups excluding carboxylic acids is 1. The van der Waals surface area contributed by atoms with Crippen LogP contribution in [0.1, 0.15) is 51.4 Å². The molecule has 3 nitrogen and oxygen atoms in total. The summed E-state index contributed by atoms with van der Waals surface area (Å²) in [6, 6.07) is 0. The summed E-state index contributed by atoms with van der Waals surface area (Å²) in [7, 11) is 0. The van der Waals surface area contributed by atoms with Gasteiger partial charge in [0.05, 0.1) is 18.8 Å². The zero-order valence-electron chi connectivity index (χ0n) is 11.1. The van der Waals surface area contributed by atoms with Crippen LogP contribution in [0.2, 0.25) is 0 Å². The lowest BCUT2D eigenvalue weighted by Crippen LogP contribution is -2.54. The molecule has 1 saturated carbocycles. The Bertz CT molecular complexity index is 350. The van der Waals surface area contributed by atoms with Gasteiger partial charge in [-0.1, -0.05) is 25.3 Å². The van der Waals surface area contributed by atoms with E-state index >= 15 is 0 Å². The molecule has 0 aromatic rings. The molecule has 0 aromatic heterocycles. The summed E-state index contributed by atoms with van der Waals surface area (Å²) in [5, 5.41) is 0. The topological polar surface area (TPSA) is 29.5 Å². The van der Waals surface area contributed by atoms with E-state index in [1.54, 1.807) is 0 Å². The van der Waals surface area contributed by atoms with Gasteiger partial charge in [-0.25, -0.2) is 0 Å². The molecule has 2 aliphatic carbocycles. The maximum atomic E-state index is 12.4. The molecule has 1 spiro atoms. The Morgan fingerprint density at radius 2 is 2.06 bits per heavy atom. The van der Waals surface area contributed by atoms with Gasteiger partial charge < -0.3 is 9.64 Å². The van der Waals surface area contributed by atoms with Crippen LogP contribution in [0.4, 0.5) is 0 Å². The largest absolute Gasteiger partial charge is 0.371 e. The van der Waals surface area contributed by atoms with E-state index in [9.17, 15) is 4.79 Å². The third-order valence-electron chi connectivity index (χ3n) is 4.62. The van der Waals surface area contributed by atoms with Crippen LogP contribution < -0.4 is 0 Å². The van der Waals surface area contributed by atoms with Crippen LogP contribution in [0.3, 0.4) is 0 Å². The fourth-order valence-corrected chi connectivity index (χ4v) is 3.58. The summed E-state index contributed by atoms with van der Waals surface area (Å²) < 4.78 is 6.04. The lowest BCUT2D eigenvalue weighted by Gasteiger charge is -2.45. The van der Waals surface area contributed by atoms with E-state index in [1.165, 1.54) is 19.3 Å². The van der Waals surface area contributed by atoms with Gasteiger partial charge in [0.15, 0.2) is 0 Å². The first kappa shape index (κ1) is 12.2. The van der Waals surface area contributed by atoms with Crippen LogP contribution in [0, 0.1) is 0 Å². The van der Waals surface area contributed by atoms with E-state index in [2.05, 4.69) is 6.08 Å². The van der Waals surface area contributed by atoms with E-state index in [-0.39, 0.29) is 11.5 Å². The molecule has 0 radical (unpaired) electrons. The number of allylic oxidation sites excluding steroid dienone is 1. The Balaban J connectivity index is 1.67. The molecule has 1 heterocycles. The summed E-state index contributed by atoms with van der Waals surface area (Å²) in [4.78, 5) is 14.5. The molecule has 1 amide bonds. The van der Waals surface area contributed by atoms with Gasteiger partial charge in [0, 0.05) is 12.1 Å². The van der Waals surface area contributed by atoms with Gasteiger partial charge >= 0.3 is 0 Å². The molecule has 1 aliphatic heterocycles. The van der Waals surface area contributed by atoms with Crippen molar-refractivity contribution in [3.8, 4) is 0 Å². The average molecular weight is 249 g/mol. The van der Waals surface area contributed by atoms with Gasteiger partial charge in [0.25, 0.3) is 0 Å². The van der Waals surface area contributed by atoms with Gasteiger partial charge in [0.1, 0.15) is 0 Å². The molecule has 2 fully saturated rings. The first-order valence-electron chi connectivity index (χ1n) is 7.41. The van der Waals surface area contributed by atoms with Crippen molar-refractivity contribution in [2.45, 2.75) is 57.0 Å². The second-order valence-electron chi connectivity index (χ2n) is 5.94. The molecule has 1 saturated heterocycles. The molecule has 0 atom stereocenters. The first-order valence-corrected chi connectivity index (χ1v) is 7.41. The Morgan fingerprint density at radius 3 is 2.78 bits per heavy atom. The van der Waals surface area contributed by atoms with Crippen LogP contribution >= 0.6 is 0 Å². The molecule has 0 unspecified atom stereocenters. The Kier molecular flexibility index (Phi) is 3.42. The minimum atomic E-state index is -0.00861. The summed E-state index contributed by atoms with van der Waals surface area (Å²) >= 11 is 0. The minimum Gasteiger partial charge on any atom is -0.371 e. The highest BCUT2D eigenvalue weighted by Crippen LogP contribution is 2.35. The highest BCUT2D eigenvalue weighted by Gasteiger charge is 2.39. The third-order valence-corrected chi connectivity index (χ3v) is 4.62. The number of rotatable bonds is 1. The number of amides is 1. The third kappa shape index (κ3) is 2.33. The van der Waals surface area contributed by atoms with E-state index in [0.717, 1.165) is 57.4 Å². The smallest absolute Gasteiger partial charge is 0.249 e. The number of morpholine rings is 1. The molecule has 0 aromatic carbocycles. The van der Waals surface area contributed by atoms with Gasteiger partial charge in [-0.15, -0.1) is 0 Å². The fourth-order valence-electron chi connectivity index (χ4n) is 3.58. The quantitative estimate of drug-likeness (QED) is 0.715. The van der Waals surface area contributed by atoms with Crippen LogP contribution in [0.5, 0.6) is 0 Å². The standard InChI is InChI=1S/C15H23NO2/c17-14(13-6-2-3-7-13)16-10-11-18-15(12-16)8-4-1-5-9-15/h6H,1-5,7-12H2. The van der Waals surface area contributed by atoms with E-state index in [4.69, 9.17) is 4.74 Å². The van der Waals surface area contributed by atoms with Crippen molar-refractivity contribution in [1.82, 2.24) is 4.90 Å². The van der Waals surface area contributed by atoms with Crippen molar-refractivity contribution in [2.75, 3.05) is 19.7 Å². The number of hydrogen-bond donors (Lipinski definition) is 0. The molecule has 100 valence electrons. The minimum absolute atomic E-state index is 0.00861. The Labute approximate surface area is 109 Å². The van der Waals surface area contributed by atoms with Crippen LogP contribution in [0.25, 0.3) is 0 Å². The first-order chi connectivity index (χ1) is 8.79. The van der Waals surface area contributed by atoms with Crippen LogP contribution in [0.15, 0.2) is 11.6 Å². The molecule has 3 aliphatic rings. The van der Waals surface area contributed by atoms with Gasteiger partial charge in [0.2, 0.25) is 5.91 Å². The molecule has 18 heavy (non-hydrogen) atoms. The van der Waals surface area contributed by atoms with Crippen molar-refractivity contribution < 1.29 is 9.53 Å². The van der Waals surface area contributed by atoms with Crippen molar-refractivity contribution in [1.29, 1.82) is 0 Å². The predicted molar refractivity (Wildman–Crippen MR) is 70.3 cm³/mol. The van der Waals surface area contributed by atoms with Crippen molar-refractivity contribution in [3.63, 3.8) is 0 Å². The second kappa shape index (κ2) is 5.04. The Morgan fingerprint density at radius 1 is 1.22 bits per heavy atom. The summed E-state index contributed by atoms with van der Waals surface area (Å²) in [5.74, 6) is 0.278. The predicted octanol–water partition coefficient (Wildman–Crippen LogP) is 2.66. The fraction of sp³-hybridized carbons (Fsp3) is 0.800. The zero-order chi connectivity index (χ0) is 12.4. The molecule has 0 bridgehead atoms. The average Bonchev–Trinajstić information content (AvgIpc) is 2.93. The number of hydrogen-bond acceptors (Lipinski definition) is 2. The van der Waals surface area contributed by atoms with Gasteiger partial charge in [-0.2, -0.15) is 0 Å². The maximum absolute atomic E-state index is 12.4. The SMILES string of the molecule is O=C(C1=CCCC1)N1CCOC2(CCCCC2)C1. The maximum Gasteiger partial charge on any atom is 0.249 e. The van der Waals surface area contributed by atoms with E-state index < -0.39 is 0 Å². The molecule has 3 rings (SSSR count). The second-order valence-corrected chi connectivity index (χ2v) is 5.94. The van der Waals surface area contributed by atoms with Gasteiger partial charge in [-0.3, -0.25) is 4.79 Å². The normalized spacial score (nSPS) is 27.3. The molecular weight excluding hydrogens is 226 g/mol. The van der Waals surface area contributed by atoms with E-state index in [0.29, 0.717) is 0 Å². The monoisotopic (exact) mass is 249 g/mol. The van der Waals surface area contributed by atoms with Crippen LogP contribution in [-0.4, -0.2) is 36.1 Å². The molecule has 3 heteroatoms. The summed E-state index contributed by atoms with van der Waals surface area (Å²) in [5.41, 5.74) is 1.04. The van der Waals surface area contributed by atoms with E-state index in [1.807, 2.05) is 4.90 Å².